The minimum atomic E-state index is -0.608. The predicted molar refractivity (Wildman–Crippen MR) is 66.9 cm³/mol. The minimum absolute atomic E-state index is 0.147. The van der Waals surface area contributed by atoms with Crippen LogP contribution in [0.3, 0.4) is 0 Å². The zero-order valence-corrected chi connectivity index (χ0v) is 10.9. The normalized spacial score (nSPS) is 30.7. The lowest BCUT2D eigenvalue weighted by atomic mass is 9.84. The molecule has 3 atom stereocenters. The highest BCUT2D eigenvalue weighted by Gasteiger charge is 2.45. The third-order valence-corrected chi connectivity index (χ3v) is 3.72. The number of nitrogens with zero attached hydrogens (tertiary/aromatic N) is 1. The van der Waals surface area contributed by atoms with Crippen LogP contribution < -0.4 is 11.2 Å². The molecule has 0 bridgehead atoms. The van der Waals surface area contributed by atoms with E-state index in [1.165, 1.54) is 10.8 Å². The molecule has 1 saturated heterocycles. The molecule has 1 aliphatic rings. The molecule has 0 amide bonds. The highest BCUT2D eigenvalue weighted by molar-refractivity contribution is 5.02. The Morgan fingerprint density at radius 1 is 1.53 bits per heavy atom. The minimum Gasteiger partial charge on any atom is -0.396 e. The zero-order valence-electron chi connectivity index (χ0n) is 10.9. The molecule has 7 nitrogen and oxygen atoms in total. The molecule has 1 aromatic heterocycles. The quantitative estimate of drug-likeness (QED) is 0.662. The van der Waals surface area contributed by atoms with E-state index in [2.05, 4.69) is 4.98 Å². The average molecular weight is 270 g/mol. The molecular formula is C12H18N2O5. The molecule has 1 aromatic rings. The number of ether oxygens (including phenoxy) is 1. The van der Waals surface area contributed by atoms with Crippen LogP contribution in [0, 0.1) is 12.3 Å². The van der Waals surface area contributed by atoms with Crippen LogP contribution in [-0.2, 0) is 4.74 Å². The van der Waals surface area contributed by atoms with E-state index in [0.717, 1.165) is 0 Å². The van der Waals surface area contributed by atoms with Crippen molar-refractivity contribution >= 4 is 0 Å². The van der Waals surface area contributed by atoms with Crippen LogP contribution in [0.15, 0.2) is 15.8 Å². The van der Waals surface area contributed by atoms with E-state index in [-0.39, 0.29) is 13.2 Å². The van der Waals surface area contributed by atoms with Crippen LogP contribution in [0.2, 0.25) is 0 Å². The van der Waals surface area contributed by atoms with Gasteiger partial charge in [0.25, 0.3) is 5.56 Å². The topological polar surface area (TPSA) is 105 Å². The first kappa shape index (κ1) is 14.0. The molecule has 0 radical (unpaired) electrons. The van der Waals surface area contributed by atoms with E-state index in [4.69, 9.17) is 4.74 Å². The summed E-state index contributed by atoms with van der Waals surface area (Å²) in [5.41, 5.74) is -1.19. The first-order chi connectivity index (χ1) is 8.91. The Kier molecular flexibility index (Phi) is 3.62. The van der Waals surface area contributed by atoms with E-state index >= 15 is 0 Å². The van der Waals surface area contributed by atoms with Gasteiger partial charge in [-0.2, -0.15) is 0 Å². The Labute approximate surface area is 109 Å². The molecule has 0 aliphatic carbocycles. The van der Waals surface area contributed by atoms with Crippen LogP contribution in [0.1, 0.15) is 25.1 Å². The third-order valence-electron chi connectivity index (χ3n) is 3.72. The molecule has 0 saturated carbocycles. The summed E-state index contributed by atoms with van der Waals surface area (Å²) < 4.78 is 6.90. The molecule has 0 spiro atoms. The zero-order chi connectivity index (χ0) is 14.2. The van der Waals surface area contributed by atoms with Crippen molar-refractivity contribution in [3.8, 4) is 0 Å². The summed E-state index contributed by atoms with van der Waals surface area (Å²) in [5, 5.41) is 18.7. The summed E-state index contributed by atoms with van der Waals surface area (Å²) >= 11 is 0. The maximum absolute atomic E-state index is 11.8. The van der Waals surface area contributed by atoms with E-state index in [1.807, 2.05) is 0 Å². The lowest BCUT2D eigenvalue weighted by Crippen LogP contribution is -2.34. The number of aryl methyl sites for hydroxylation is 1. The fourth-order valence-corrected chi connectivity index (χ4v) is 2.33. The van der Waals surface area contributed by atoms with E-state index in [0.29, 0.717) is 12.0 Å². The molecule has 1 fully saturated rings. The molecular weight excluding hydrogens is 252 g/mol. The summed E-state index contributed by atoms with van der Waals surface area (Å²) in [5.74, 6) is 0. The Balaban J connectivity index is 2.38. The SMILES string of the molecule is Cc1cn([C@@H]2C[C@@](C)(CO)[C@@H](CO)O2)c(=O)[nH]c1=O. The Morgan fingerprint density at radius 2 is 2.21 bits per heavy atom. The number of H-pyrrole nitrogens is 1. The van der Waals surface area contributed by atoms with Gasteiger partial charge < -0.3 is 14.9 Å². The number of rotatable bonds is 3. The first-order valence-corrected chi connectivity index (χ1v) is 6.10. The van der Waals surface area contributed by atoms with Crippen LogP contribution in [0.5, 0.6) is 0 Å². The van der Waals surface area contributed by atoms with Gasteiger partial charge in [0.1, 0.15) is 6.23 Å². The standard InChI is InChI=1S/C12H18N2O5/c1-7-4-14(11(18)13-10(7)17)9-3-12(2,6-16)8(5-15)19-9/h4,8-9,15-16H,3,5-6H2,1-2H3,(H,13,17,18)/t8-,9+,12+/m1/s1. The van der Waals surface area contributed by atoms with Gasteiger partial charge in [-0.05, 0) is 6.92 Å². The molecule has 7 heteroatoms. The summed E-state index contributed by atoms with van der Waals surface area (Å²) in [6, 6.07) is 0. The van der Waals surface area contributed by atoms with Crippen molar-refractivity contribution in [2.75, 3.05) is 13.2 Å². The molecule has 0 unspecified atom stereocenters. The average Bonchev–Trinajstić information content (AvgIpc) is 2.71. The van der Waals surface area contributed by atoms with Gasteiger partial charge in [-0.3, -0.25) is 14.3 Å². The maximum atomic E-state index is 11.8. The summed E-state index contributed by atoms with van der Waals surface area (Å²) in [7, 11) is 0. The number of aliphatic hydroxyl groups is 2. The van der Waals surface area contributed by atoms with Gasteiger partial charge in [0.2, 0.25) is 0 Å². The van der Waals surface area contributed by atoms with Gasteiger partial charge in [0.15, 0.2) is 0 Å². The number of aromatic nitrogens is 2. The monoisotopic (exact) mass is 270 g/mol. The Morgan fingerprint density at radius 3 is 2.74 bits per heavy atom. The summed E-state index contributed by atoms with van der Waals surface area (Å²) in [4.78, 5) is 25.3. The van der Waals surface area contributed by atoms with E-state index < -0.39 is 29.0 Å². The van der Waals surface area contributed by atoms with Crippen LogP contribution >= 0.6 is 0 Å². The fraction of sp³-hybridized carbons (Fsp3) is 0.667. The summed E-state index contributed by atoms with van der Waals surface area (Å²) in [6.45, 7) is 3.01. The predicted octanol–water partition coefficient (Wildman–Crippen LogP) is -0.877. The van der Waals surface area contributed by atoms with Crippen molar-refractivity contribution in [2.24, 2.45) is 5.41 Å². The van der Waals surface area contributed by atoms with Crippen molar-refractivity contribution in [3.63, 3.8) is 0 Å². The Bertz CT molecular complexity index is 578. The highest BCUT2D eigenvalue weighted by Crippen LogP contribution is 2.42. The lowest BCUT2D eigenvalue weighted by molar-refractivity contribution is -0.0542. The second-order valence-electron chi connectivity index (χ2n) is 5.26. The van der Waals surface area contributed by atoms with Crippen molar-refractivity contribution in [3.05, 3.63) is 32.6 Å². The second kappa shape index (κ2) is 4.92. The van der Waals surface area contributed by atoms with Crippen molar-refractivity contribution in [2.45, 2.75) is 32.6 Å². The van der Waals surface area contributed by atoms with Gasteiger partial charge in [0.05, 0.1) is 19.3 Å². The van der Waals surface area contributed by atoms with Gasteiger partial charge in [-0.25, -0.2) is 4.79 Å². The Hall–Kier alpha value is -1.44. The number of nitrogens with one attached hydrogen (secondary N) is 1. The molecule has 3 N–H and O–H groups in total. The van der Waals surface area contributed by atoms with Crippen molar-refractivity contribution in [1.82, 2.24) is 9.55 Å². The van der Waals surface area contributed by atoms with Crippen LogP contribution in [-0.4, -0.2) is 39.1 Å². The van der Waals surface area contributed by atoms with Crippen LogP contribution in [0.4, 0.5) is 0 Å². The molecule has 106 valence electrons. The molecule has 2 rings (SSSR count). The van der Waals surface area contributed by atoms with Gasteiger partial charge in [0, 0.05) is 23.6 Å². The maximum Gasteiger partial charge on any atom is 0.330 e. The van der Waals surface area contributed by atoms with Gasteiger partial charge >= 0.3 is 5.69 Å². The number of aromatic amines is 1. The van der Waals surface area contributed by atoms with Gasteiger partial charge in [-0.1, -0.05) is 6.92 Å². The highest BCUT2D eigenvalue weighted by atomic mass is 16.5. The third kappa shape index (κ3) is 2.36. The molecule has 2 heterocycles. The van der Waals surface area contributed by atoms with E-state index in [9.17, 15) is 19.8 Å². The van der Waals surface area contributed by atoms with E-state index in [1.54, 1.807) is 13.8 Å². The molecule has 19 heavy (non-hydrogen) atoms. The number of aliphatic hydroxyl groups excluding tert-OH is 2. The largest absolute Gasteiger partial charge is 0.396 e. The lowest BCUT2D eigenvalue weighted by Gasteiger charge is -2.25. The number of hydrogen-bond acceptors (Lipinski definition) is 5. The van der Waals surface area contributed by atoms with Crippen LogP contribution in [0.25, 0.3) is 0 Å². The summed E-state index contributed by atoms with van der Waals surface area (Å²) in [6.07, 6.45) is 0.683. The van der Waals surface area contributed by atoms with Gasteiger partial charge in [-0.15, -0.1) is 0 Å². The smallest absolute Gasteiger partial charge is 0.330 e. The first-order valence-electron chi connectivity index (χ1n) is 6.10. The molecule has 1 aliphatic heterocycles. The fourth-order valence-electron chi connectivity index (χ4n) is 2.33. The van der Waals surface area contributed by atoms with Crippen molar-refractivity contribution in [1.29, 1.82) is 0 Å². The molecule has 0 aromatic carbocycles. The van der Waals surface area contributed by atoms with Crippen molar-refractivity contribution < 1.29 is 14.9 Å². The second-order valence-corrected chi connectivity index (χ2v) is 5.26. The number of hydrogen-bond donors (Lipinski definition) is 3.